The summed E-state index contributed by atoms with van der Waals surface area (Å²) < 4.78 is 2.57. The first-order chi connectivity index (χ1) is 18.7. The second-order valence-electron chi connectivity index (χ2n) is 9.33. The highest BCUT2D eigenvalue weighted by molar-refractivity contribution is 7.26. The molecule has 0 spiro atoms. The lowest BCUT2D eigenvalue weighted by Crippen LogP contribution is -2.26. The Hall–Kier alpha value is -3.94. The molecule has 0 amide bonds. The Kier molecular flexibility index (Phi) is 6.94. The van der Waals surface area contributed by atoms with Crippen LogP contribution in [0.1, 0.15) is 27.4 Å². The van der Waals surface area contributed by atoms with Gasteiger partial charge in [0.1, 0.15) is 16.3 Å². The molecule has 0 aliphatic rings. The number of aryl methyl sites for hydroxylation is 3. The van der Waals surface area contributed by atoms with E-state index in [0.717, 1.165) is 39.9 Å². The maximum absolute atomic E-state index is 14.1. The fourth-order valence-electron chi connectivity index (χ4n) is 4.94. The van der Waals surface area contributed by atoms with E-state index in [1.807, 2.05) is 59.2 Å². The minimum absolute atomic E-state index is 0.0467. The molecule has 3 heterocycles. The van der Waals surface area contributed by atoms with Crippen molar-refractivity contribution < 1.29 is 0 Å². The van der Waals surface area contributed by atoms with Crippen molar-refractivity contribution in [3.05, 3.63) is 133 Å². The van der Waals surface area contributed by atoms with Gasteiger partial charge in [0.2, 0.25) is 0 Å². The minimum Gasteiger partial charge on any atom is -0.296 e. The third-order valence-electron chi connectivity index (χ3n) is 6.80. The molecule has 7 heteroatoms. The van der Waals surface area contributed by atoms with Gasteiger partial charge in [-0.2, -0.15) is 0 Å². The molecule has 0 radical (unpaired) electrons. The Bertz CT molecular complexity index is 1770. The second kappa shape index (κ2) is 10.8. The molecule has 6 rings (SSSR count). The third-order valence-corrected chi connectivity index (χ3v) is 8.86. The van der Waals surface area contributed by atoms with E-state index in [9.17, 15) is 9.70 Å². The van der Waals surface area contributed by atoms with Crippen molar-refractivity contribution in [1.29, 1.82) is 0 Å². The molecule has 0 unspecified atom stereocenters. The first-order valence-electron chi connectivity index (χ1n) is 12.6. The van der Waals surface area contributed by atoms with Crippen molar-refractivity contribution in [3.8, 4) is 0 Å². The van der Waals surface area contributed by atoms with Gasteiger partial charge in [-0.15, -0.1) is 27.6 Å². The van der Waals surface area contributed by atoms with Gasteiger partial charge in [0.25, 0.3) is 5.56 Å². The summed E-state index contributed by atoms with van der Waals surface area (Å²) in [5.74, 6) is 0.777. The van der Waals surface area contributed by atoms with Crippen LogP contribution in [0.15, 0.2) is 100 Å². The molecular weight excluding hydrogens is 510 g/mol. The zero-order valence-corrected chi connectivity index (χ0v) is 22.3. The van der Waals surface area contributed by atoms with Crippen molar-refractivity contribution in [1.82, 2.24) is 9.55 Å². The maximum Gasteiger partial charge on any atom is 0.262 e. The van der Waals surface area contributed by atoms with Gasteiger partial charge in [-0.1, -0.05) is 66.7 Å². The van der Waals surface area contributed by atoms with Crippen molar-refractivity contribution in [2.24, 2.45) is 5.18 Å². The van der Waals surface area contributed by atoms with Crippen LogP contribution in [0.25, 0.3) is 20.3 Å². The lowest BCUT2D eigenvalue weighted by atomic mass is 10.0. The minimum atomic E-state index is -0.0467. The van der Waals surface area contributed by atoms with Crippen LogP contribution in [-0.2, 0) is 32.2 Å². The largest absolute Gasteiger partial charge is 0.296 e. The molecule has 0 saturated carbocycles. The van der Waals surface area contributed by atoms with Crippen molar-refractivity contribution in [2.75, 3.05) is 0 Å². The lowest BCUT2D eigenvalue weighted by molar-refractivity contribution is 0.616. The van der Waals surface area contributed by atoms with E-state index in [1.165, 1.54) is 21.8 Å². The van der Waals surface area contributed by atoms with Crippen LogP contribution < -0.4 is 5.56 Å². The molecule has 188 valence electrons. The molecule has 0 N–H and O–H groups in total. The average Bonchev–Trinajstić information content (AvgIpc) is 3.60. The molecule has 6 aromatic rings. The molecular formula is C31H25N3O2S2. The Morgan fingerprint density at radius 1 is 0.816 bits per heavy atom. The van der Waals surface area contributed by atoms with Crippen LogP contribution in [0.5, 0.6) is 0 Å². The van der Waals surface area contributed by atoms with Gasteiger partial charge in [-0.25, -0.2) is 4.98 Å². The number of rotatable bonds is 9. The van der Waals surface area contributed by atoms with Gasteiger partial charge in [-0.05, 0) is 64.7 Å². The van der Waals surface area contributed by atoms with E-state index in [2.05, 4.69) is 40.9 Å². The van der Waals surface area contributed by atoms with Crippen LogP contribution in [0, 0.1) is 4.91 Å². The zero-order valence-electron chi connectivity index (χ0n) is 20.7. The van der Waals surface area contributed by atoms with E-state index in [0.29, 0.717) is 35.3 Å². The molecule has 0 atom stereocenters. The molecule has 5 nitrogen and oxygen atoms in total. The van der Waals surface area contributed by atoms with Gasteiger partial charge in [0, 0.05) is 23.2 Å². The molecule has 0 fully saturated rings. The summed E-state index contributed by atoms with van der Waals surface area (Å²) in [6.07, 6.45) is 2.88. The summed E-state index contributed by atoms with van der Waals surface area (Å²) >= 11 is 3.09. The SMILES string of the molecule is O=Nc1cc(Cc2ccccc2)cc2c1sc1nc(CCc3ccccc3)n(CCc3cccs3)c(=O)c12. The predicted molar refractivity (Wildman–Crippen MR) is 158 cm³/mol. The highest BCUT2D eigenvalue weighted by Gasteiger charge is 2.19. The zero-order chi connectivity index (χ0) is 25.9. The van der Waals surface area contributed by atoms with Crippen LogP contribution in [-0.4, -0.2) is 9.55 Å². The van der Waals surface area contributed by atoms with Crippen LogP contribution >= 0.6 is 22.7 Å². The Morgan fingerprint density at radius 2 is 1.58 bits per heavy atom. The highest BCUT2D eigenvalue weighted by atomic mass is 32.1. The second-order valence-corrected chi connectivity index (χ2v) is 11.4. The number of aromatic nitrogens is 2. The molecule has 0 aliphatic heterocycles. The summed E-state index contributed by atoms with van der Waals surface area (Å²) in [5.41, 5.74) is 3.62. The Balaban J connectivity index is 1.47. The molecule has 3 aromatic carbocycles. The number of hydrogen-bond donors (Lipinski definition) is 0. The standard InChI is InChI=1S/C31H25N3O2S2/c35-31-28-25-19-23(18-22-10-5-2-6-11-22)20-26(33-36)29(25)38-30(28)32-27(14-13-21-8-3-1-4-9-21)34(31)16-15-24-12-7-17-37-24/h1-12,17,19-20H,13-16,18H2. The monoisotopic (exact) mass is 535 g/mol. The Morgan fingerprint density at radius 3 is 2.29 bits per heavy atom. The maximum atomic E-state index is 14.1. The highest BCUT2D eigenvalue weighted by Crippen LogP contribution is 2.39. The lowest BCUT2D eigenvalue weighted by Gasteiger charge is -2.12. The molecule has 0 saturated heterocycles. The molecule has 38 heavy (non-hydrogen) atoms. The number of nitrogens with zero attached hydrogens (tertiary/aromatic N) is 3. The summed E-state index contributed by atoms with van der Waals surface area (Å²) in [6, 6.07) is 28.4. The third kappa shape index (κ3) is 4.95. The molecule has 0 aliphatic carbocycles. The van der Waals surface area contributed by atoms with Crippen LogP contribution in [0.3, 0.4) is 0 Å². The van der Waals surface area contributed by atoms with E-state index in [-0.39, 0.29) is 5.56 Å². The van der Waals surface area contributed by atoms with E-state index < -0.39 is 0 Å². The average molecular weight is 536 g/mol. The molecule has 0 bridgehead atoms. The molecule has 3 aromatic heterocycles. The first-order valence-corrected chi connectivity index (χ1v) is 14.3. The number of benzene rings is 3. The first kappa shape index (κ1) is 24.4. The fourth-order valence-corrected chi connectivity index (χ4v) is 6.76. The number of nitroso groups, excluding NO2 is 1. The van der Waals surface area contributed by atoms with Crippen LogP contribution in [0.4, 0.5) is 5.69 Å². The number of fused-ring (bicyclic) bond motifs is 3. The van der Waals surface area contributed by atoms with E-state index >= 15 is 0 Å². The predicted octanol–water partition coefficient (Wildman–Crippen LogP) is 7.69. The van der Waals surface area contributed by atoms with E-state index in [4.69, 9.17) is 4.98 Å². The summed E-state index contributed by atoms with van der Waals surface area (Å²) in [5, 5.41) is 6.75. The summed E-state index contributed by atoms with van der Waals surface area (Å²) in [4.78, 5) is 32.9. The van der Waals surface area contributed by atoms with Crippen LogP contribution in [0.2, 0.25) is 0 Å². The number of hydrogen-bond acceptors (Lipinski definition) is 6. The van der Waals surface area contributed by atoms with Gasteiger partial charge in [0.05, 0.1) is 10.1 Å². The quantitative estimate of drug-likeness (QED) is 0.178. The fraction of sp³-hybridized carbons (Fsp3) is 0.161. The Labute approximate surface area is 228 Å². The normalized spacial score (nSPS) is 11.4. The smallest absolute Gasteiger partial charge is 0.262 e. The van der Waals surface area contributed by atoms with Crippen molar-refractivity contribution in [2.45, 2.75) is 32.2 Å². The number of thiophene rings is 2. The van der Waals surface area contributed by atoms with Crippen molar-refractivity contribution in [3.63, 3.8) is 0 Å². The van der Waals surface area contributed by atoms with E-state index in [1.54, 1.807) is 11.3 Å². The topological polar surface area (TPSA) is 64.3 Å². The van der Waals surface area contributed by atoms with Gasteiger partial charge in [-0.3, -0.25) is 9.36 Å². The van der Waals surface area contributed by atoms with Gasteiger partial charge < -0.3 is 0 Å². The summed E-state index contributed by atoms with van der Waals surface area (Å²) in [6.45, 7) is 0.562. The van der Waals surface area contributed by atoms with Gasteiger partial charge in [0.15, 0.2) is 0 Å². The van der Waals surface area contributed by atoms with Crippen molar-refractivity contribution >= 4 is 48.7 Å². The summed E-state index contributed by atoms with van der Waals surface area (Å²) in [7, 11) is 0. The van der Waals surface area contributed by atoms with Gasteiger partial charge >= 0.3 is 0 Å².